The molecule has 1 unspecified atom stereocenters. The van der Waals surface area contributed by atoms with Crippen LogP contribution in [0.25, 0.3) is 77.9 Å². The summed E-state index contributed by atoms with van der Waals surface area (Å²) in [6, 6.07) is 46.6. The number of hydrogen-bond donors (Lipinski definition) is 0. The van der Waals surface area contributed by atoms with Gasteiger partial charge in [-0.1, -0.05) is 53.2 Å². The largest absolute Gasteiger partial charge is 0.456 e. The summed E-state index contributed by atoms with van der Waals surface area (Å²) in [5, 5.41) is 3.44. The molecular weight excluding hydrogens is 743 g/mol. The van der Waals surface area contributed by atoms with Gasteiger partial charge in [-0.05, 0) is 98.6 Å². The molecule has 0 saturated carbocycles. The Morgan fingerprint density at radius 3 is 2.30 bits per heavy atom. The number of hydrogen-bond acceptors (Lipinski definition) is 4. The Bertz CT molecular complexity index is 3550. The van der Waals surface area contributed by atoms with Crippen molar-refractivity contribution in [3.05, 3.63) is 172 Å². The molecule has 5 aliphatic rings. The van der Waals surface area contributed by atoms with Crippen LogP contribution in [0.1, 0.15) is 36.4 Å². The number of nitrogens with zero attached hydrogens (tertiary/aromatic N) is 5. The third-order valence-electron chi connectivity index (χ3n) is 13.5. The van der Waals surface area contributed by atoms with Crippen LogP contribution in [0, 0.1) is 13.8 Å². The molecule has 60 heavy (non-hydrogen) atoms. The standard InChI is InChI=1S/C52H39N5O3/c1-5-53(6-2)34-21-23-38-44(28-34)60-45-29-35(58)22-24-39(45)48(38)33-19-17-32(18-20-33)47-30(3)56-41-14-11-15-42-49(41)52(57(56)31(47)4)50-43(59-42)26-25-37-36-12-7-8-13-40(36)55(51(37)50)46-16-9-10-27-54(46)52/h7-29H,5-6H2,1-4H3/q+2. The van der Waals surface area contributed by atoms with Crippen molar-refractivity contribution in [3.8, 4) is 56.6 Å². The van der Waals surface area contributed by atoms with Crippen LogP contribution in [-0.2, 0) is 5.66 Å². The molecule has 8 heteroatoms. The van der Waals surface area contributed by atoms with Gasteiger partial charge in [0.2, 0.25) is 5.69 Å². The Kier molecular flexibility index (Phi) is 6.48. The molecule has 0 bridgehead atoms. The summed E-state index contributed by atoms with van der Waals surface area (Å²) in [5.41, 5.74) is 14.4. The van der Waals surface area contributed by atoms with E-state index in [2.05, 4.69) is 173 Å². The number of ether oxygens (including phenoxy) is 1. The Hall–Kier alpha value is -7.45. The molecule has 13 rings (SSSR count). The molecule has 0 N–H and O–H groups in total. The van der Waals surface area contributed by atoms with Crippen LogP contribution in [0.2, 0.25) is 0 Å². The van der Waals surface area contributed by atoms with Gasteiger partial charge in [-0.25, -0.2) is 0 Å². The fourth-order valence-electron chi connectivity index (χ4n) is 11.1. The monoisotopic (exact) mass is 781 g/mol. The zero-order valence-electron chi connectivity index (χ0n) is 33.7. The number of pyridine rings is 1. The molecule has 0 radical (unpaired) electrons. The molecule has 8 aromatic rings. The Morgan fingerprint density at radius 1 is 0.700 bits per heavy atom. The van der Waals surface area contributed by atoms with E-state index < -0.39 is 5.66 Å². The Labute approximate surface area is 345 Å². The summed E-state index contributed by atoms with van der Waals surface area (Å²) in [6.07, 6.45) is 2.24. The van der Waals surface area contributed by atoms with Gasteiger partial charge in [-0.15, -0.1) is 4.68 Å². The SMILES string of the molecule is CCN(CC)c1ccc2c(-c3ccc(-c4c(C)n5[n+](c4C)C46c7c(cccc7-5)Oc5ccc7c8ccccc8n(c7c54)-c4cccc[n+]46)cc3)c3ccc(=O)cc-3oc2c1. The average molecular weight is 782 g/mol. The zero-order valence-corrected chi connectivity index (χ0v) is 33.7. The quantitative estimate of drug-likeness (QED) is 0.129. The molecule has 0 fully saturated rings. The molecule has 7 heterocycles. The molecule has 3 aromatic heterocycles. The van der Waals surface area contributed by atoms with Gasteiger partial charge in [0, 0.05) is 71.2 Å². The second-order valence-corrected chi connectivity index (χ2v) is 16.3. The van der Waals surface area contributed by atoms with Crippen LogP contribution in [0.4, 0.5) is 5.69 Å². The maximum atomic E-state index is 12.6. The zero-order chi connectivity index (χ0) is 40.2. The lowest BCUT2D eigenvalue weighted by molar-refractivity contribution is -0.995. The minimum absolute atomic E-state index is 0.0710. The molecule has 1 spiro atoms. The van der Waals surface area contributed by atoms with Crippen molar-refractivity contribution in [1.29, 1.82) is 0 Å². The fourth-order valence-corrected chi connectivity index (χ4v) is 11.1. The minimum Gasteiger partial charge on any atom is -0.456 e. The fraction of sp³-hybridized carbons (Fsp3) is 0.135. The predicted octanol–water partition coefficient (Wildman–Crippen LogP) is 10.2. The van der Waals surface area contributed by atoms with E-state index in [0.717, 1.165) is 97.5 Å². The molecule has 4 aliphatic heterocycles. The summed E-state index contributed by atoms with van der Waals surface area (Å²) in [6.45, 7) is 10.6. The van der Waals surface area contributed by atoms with Gasteiger partial charge in [-0.2, -0.15) is 9.13 Å². The highest BCUT2D eigenvalue weighted by Crippen LogP contribution is 2.56. The number of aromatic nitrogens is 4. The van der Waals surface area contributed by atoms with Gasteiger partial charge in [0.05, 0.1) is 17.5 Å². The maximum absolute atomic E-state index is 12.6. The molecule has 288 valence electrons. The molecule has 0 amide bonds. The molecule has 1 aliphatic carbocycles. The molecule has 5 aromatic carbocycles. The highest BCUT2D eigenvalue weighted by molar-refractivity contribution is 6.11. The van der Waals surface area contributed by atoms with Crippen LogP contribution in [0.3, 0.4) is 0 Å². The first-order valence-corrected chi connectivity index (χ1v) is 20.8. The van der Waals surface area contributed by atoms with E-state index in [-0.39, 0.29) is 5.43 Å². The Balaban J connectivity index is 1.05. The van der Waals surface area contributed by atoms with E-state index in [1.807, 2.05) is 6.07 Å². The van der Waals surface area contributed by atoms with E-state index in [1.54, 1.807) is 12.1 Å². The summed E-state index contributed by atoms with van der Waals surface area (Å²) in [4.78, 5) is 14.9. The van der Waals surface area contributed by atoms with Gasteiger partial charge < -0.3 is 14.1 Å². The van der Waals surface area contributed by atoms with Gasteiger partial charge in [-0.3, -0.25) is 4.79 Å². The minimum atomic E-state index is -0.761. The first kappa shape index (κ1) is 33.5. The van der Waals surface area contributed by atoms with E-state index >= 15 is 0 Å². The second-order valence-electron chi connectivity index (χ2n) is 16.3. The van der Waals surface area contributed by atoms with E-state index in [9.17, 15) is 4.79 Å². The topological polar surface area (TPSA) is 60.3 Å². The second kappa shape index (κ2) is 11.6. The highest BCUT2D eigenvalue weighted by atomic mass is 16.5. The van der Waals surface area contributed by atoms with Crippen molar-refractivity contribution < 1.29 is 18.4 Å². The van der Waals surface area contributed by atoms with E-state index in [0.29, 0.717) is 5.76 Å². The van der Waals surface area contributed by atoms with Crippen LogP contribution in [0.15, 0.2) is 149 Å². The predicted molar refractivity (Wildman–Crippen MR) is 235 cm³/mol. The van der Waals surface area contributed by atoms with Crippen molar-refractivity contribution in [2.75, 3.05) is 18.0 Å². The lowest BCUT2D eigenvalue weighted by Gasteiger charge is -2.33. The molecule has 0 saturated heterocycles. The number of fused-ring (bicyclic) bond motifs is 9. The summed E-state index contributed by atoms with van der Waals surface area (Å²) < 4.78 is 23.2. The summed E-state index contributed by atoms with van der Waals surface area (Å²) >= 11 is 0. The smallest absolute Gasteiger partial charge is 0.397 e. The highest BCUT2D eigenvalue weighted by Gasteiger charge is 2.69. The van der Waals surface area contributed by atoms with Gasteiger partial charge in [0.15, 0.2) is 16.5 Å². The number of benzene rings is 6. The van der Waals surface area contributed by atoms with E-state index in [1.165, 1.54) is 27.4 Å². The third-order valence-corrected chi connectivity index (χ3v) is 13.5. The lowest BCUT2D eigenvalue weighted by Crippen LogP contribution is -2.77. The van der Waals surface area contributed by atoms with Crippen LogP contribution in [0.5, 0.6) is 11.5 Å². The average Bonchev–Trinajstić information content (AvgIpc) is 3.88. The van der Waals surface area contributed by atoms with E-state index in [4.69, 9.17) is 9.15 Å². The third kappa shape index (κ3) is 3.94. The normalized spacial score (nSPS) is 15.4. The maximum Gasteiger partial charge on any atom is 0.397 e. The van der Waals surface area contributed by atoms with Gasteiger partial charge in [0.1, 0.15) is 39.6 Å². The molecule has 1 atom stereocenters. The number of para-hydroxylation sites is 1. The summed E-state index contributed by atoms with van der Waals surface area (Å²) in [7, 11) is 0. The van der Waals surface area contributed by atoms with Gasteiger partial charge >= 0.3 is 5.66 Å². The van der Waals surface area contributed by atoms with Crippen LogP contribution >= 0.6 is 0 Å². The van der Waals surface area contributed by atoms with Crippen molar-refractivity contribution in [2.45, 2.75) is 33.4 Å². The van der Waals surface area contributed by atoms with Crippen molar-refractivity contribution in [1.82, 2.24) is 9.25 Å². The molecular formula is C52H39N5O3+2. The van der Waals surface area contributed by atoms with Gasteiger partial charge in [0.25, 0.3) is 5.82 Å². The number of anilines is 1. The number of rotatable bonds is 5. The van der Waals surface area contributed by atoms with Crippen molar-refractivity contribution in [2.24, 2.45) is 0 Å². The van der Waals surface area contributed by atoms with Crippen molar-refractivity contribution in [3.63, 3.8) is 0 Å². The van der Waals surface area contributed by atoms with Crippen LogP contribution < -0.4 is 24.3 Å². The van der Waals surface area contributed by atoms with Crippen molar-refractivity contribution >= 4 is 38.5 Å². The summed E-state index contributed by atoms with van der Waals surface area (Å²) in [5.74, 6) is 3.42. The van der Waals surface area contributed by atoms with Crippen LogP contribution in [-0.4, -0.2) is 22.3 Å². The lowest BCUT2D eigenvalue weighted by atomic mass is 9.84. The first-order chi connectivity index (χ1) is 29.4. The molecule has 8 nitrogen and oxygen atoms in total. The first-order valence-electron chi connectivity index (χ1n) is 20.8. The Morgan fingerprint density at radius 2 is 1.47 bits per heavy atom.